The number of carbonyl (C=O) groups is 1. The number of nitrogens with zero attached hydrogens (tertiary/aromatic N) is 3. The van der Waals surface area contributed by atoms with Gasteiger partial charge in [-0.15, -0.1) is 0 Å². The third-order valence-electron chi connectivity index (χ3n) is 4.74. The molecule has 0 spiro atoms. The van der Waals surface area contributed by atoms with Crippen molar-refractivity contribution >= 4 is 17.3 Å². The molecule has 2 aromatic carbocycles. The van der Waals surface area contributed by atoms with Gasteiger partial charge >= 0.3 is 0 Å². The molecule has 0 bridgehead atoms. The third kappa shape index (κ3) is 3.74. The number of hydrogen-bond donors (Lipinski definition) is 0. The maximum atomic E-state index is 12.2. The summed E-state index contributed by atoms with van der Waals surface area (Å²) in [7, 11) is 7.22. The molecule has 0 unspecified atom stereocenters. The smallest absolute Gasteiger partial charge is 0.240 e. The van der Waals surface area contributed by atoms with Gasteiger partial charge < -0.3 is 14.4 Å². The van der Waals surface area contributed by atoms with E-state index in [1.807, 2.05) is 37.2 Å². The van der Waals surface area contributed by atoms with Crippen LogP contribution in [0.4, 0.5) is 5.69 Å². The van der Waals surface area contributed by atoms with Crippen LogP contribution in [0, 0.1) is 0 Å². The van der Waals surface area contributed by atoms with Crippen molar-refractivity contribution in [2.75, 3.05) is 33.2 Å². The van der Waals surface area contributed by atoms with Crippen molar-refractivity contribution in [1.82, 2.24) is 5.01 Å². The Labute approximate surface area is 160 Å². The van der Waals surface area contributed by atoms with Crippen molar-refractivity contribution < 1.29 is 14.3 Å². The van der Waals surface area contributed by atoms with E-state index in [2.05, 4.69) is 29.4 Å². The number of hydrogen-bond acceptors (Lipinski definition) is 5. The summed E-state index contributed by atoms with van der Waals surface area (Å²) in [6, 6.07) is 13.8. The van der Waals surface area contributed by atoms with Crippen LogP contribution in [0.5, 0.6) is 11.5 Å². The van der Waals surface area contributed by atoms with Gasteiger partial charge in [0, 0.05) is 38.7 Å². The number of rotatable bonds is 5. The van der Waals surface area contributed by atoms with Gasteiger partial charge in [-0.25, -0.2) is 5.01 Å². The van der Waals surface area contributed by atoms with Crippen LogP contribution >= 0.6 is 0 Å². The number of benzene rings is 2. The Bertz CT molecular complexity index is 859. The molecule has 6 heteroatoms. The van der Waals surface area contributed by atoms with Gasteiger partial charge in [-0.05, 0) is 35.9 Å². The van der Waals surface area contributed by atoms with Crippen LogP contribution in [0.25, 0.3) is 0 Å². The molecule has 1 atom stereocenters. The predicted octanol–water partition coefficient (Wildman–Crippen LogP) is 3.47. The Hall–Kier alpha value is -3.02. The van der Waals surface area contributed by atoms with Crippen LogP contribution in [0.1, 0.15) is 30.5 Å². The lowest BCUT2D eigenvalue weighted by molar-refractivity contribution is -0.130. The van der Waals surface area contributed by atoms with Crippen LogP contribution in [0.15, 0.2) is 47.6 Å². The summed E-state index contributed by atoms with van der Waals surface area (Å²) in [5, 5.41) is 6.16. The summed E-state index contributed by atoms with van der Waals surface area (Å²) < 4.78 is 10.7. The predicted molar refractivity (Wildman–Crippen MR) is 107 cm³/mol. The Morgan fingerprint density at radius 1 is 1.07 bits per heavy atom. The van der Waals surface area contributed by atoms with Gasteiger partial charge in [0.1, 0.15) is 0 Å². The van der Waals surface area contributed by atoms with E-state index in [1.54, 1.807) is 26.2 Å². The van der Waals surface area contributed by atoms with Gasteiger partial charge in [-0.3, -0.25) is 4.79 Å². The van der Waals surface area contributed by atoms with Crippen molar-refractivity contribution in [1.29, 1.82) is 0 Å². The molecule has 3 rings (SSSR count). The van der Waals surface area contributed by atoms with E-state index in [9.17, 15) is 4.79 Å². The van der Waals surface area contributed by atoms with Crippen molar-refractivity contribution in [2.24, 2.45) is 5.10 Å². The Morgan fingerprint density at radius 2 is 1.74 bits per heavy atom. The van der Waals surface area contributed by atoms with Crippen molar-refractivity contribution in [3.8, 4) is 11.5 Å². The average Bonchev–Trinajstić information content (AvgIpc) is 3.13. The van der Waals surface area contributed by atoms with Crippen molar-refractivity contribution in [3.05, 3.63) is 53.6 Å². The monoisotopic (exact) mass is 367 g/mol. The number of carbonyl (C=O) groups excluding carboxylic acids is 1. The lowest BCUT2D eigenvalue weighted by Gasteiger charge is -2.21. The highest BCUT2D eigenvalue weighted by atomic mass is 16.5. The van der Waals surface area contributed by atoms with Gasteiger partial charge in [0.15, 0.2) is 11.5 Å². The summed E-state index contributed by atoms with van der Waals surface area (Å²) in [5.41, 5.74) is 3.96. The fraction of sp³-hybridized carbons (Fsp3) is 0.333. The van der Waals surface area contributed by atoms with Gasteiger partial charge in [-0.1, -0.05) is 12.1 Å². The van der Waals surface area contributed by atoms with Crippen LogP contribution in [-0.2, 0) is 4.79 Å². The molecule has 142 valence electrons. The minimum absolute atomic E-state index is 0.0767. The van der Waals surface area contributed by atoms with Gasteiger partial charge in [0.05, 0.1) is 26.0 Å². The third-order valence-corrected chi connectivity index (χ3v) is 4.74. The molecule has 0 aliphatic carbocycles. The molecule has 1 aliphatic heterocycles. The molecule has 2 aromatic rings. The lowest BCUT2D eigenvalue weighted by Crippen LogP contribution is -2.24. The molecule has 0 saturated heterocycles. The summed E-state index contributed by atoms with van der Waals surface area (Å²) in [6.07, 6.45) is 0.649. The first-order valence-electron chi connectivity index (χ1n) is 8.81. The number of amides is 1. The maximum Gasteiger partial charge on any atom is 0.240 e. The van der Waals surface area contributed by atoms with Gasteiger partial charge in [0.25, 0.3) is 0 Å². The van der Waals surface area contributed by atoms with Crippen LogP contribution in [0.3, 0.4) is 0 Å². The molecule has 0 N–H and O–H groups in total. The molecule has 1 aliphatic rings. The first kappa shape index (κ1) is 18.8. The molecule has 0 saturated carbocycles. The topological polar surface area (TPSA) is 54.4 Å². The molecule has 1 heterocycles. The molecule has 0 aromatic heterocycles. The molecular weight excluding hydrogens is 342 g/mol. The second-order valence-corrected chi connectivity index (χ2v) is 6.69. The highest BCUT2D eigenvalue weighted by Crippen LogP contribution is 2.35. The normalized spacial score (nSPS) is 16.1. The zero-order chi connectivity index (χ0) is 19.6. The Morgan fingerprint density at radius 3 is 2.30 bits per heavy atom. The molecule has 6 nitrogen and oxygen atoms in total. The van der Waals surface area contributed by atoms with Gasteiger partial charge in [0.2, 0.25) is 5.91 Å². The van der Waals surface area contributed by atoms with E-state index >= 15 is 0 Å². The fourth-order valence-corrected chi connectivity index (χ4v) is 3.25. The van der Waals surface area contributed by atoms with E-state index in [4.69, 9.17) is 9.47 Å². The zero-order valence-electron chi connectivity index (χ0n) is 16.4. The minimum atomic E-state index is -0.109. The first-order chi connectivity index (χ1) is 12.9. The average molecular weight is 367 g/mol. The largest absolute Gasteiger partial charge is 0.493 e. The zero-order valence-corrected chi connectivity index (χ0v) is 16.4. The van der Waals surface area contributed by atoms with Crippen LogP contribution in [0.2, 0.25) is 0 Å². The lowest BCUT2D eigenvalue weighted by atomic mass is 9.98. The Balaban J connectivity index is 1.91. The second-order valence-electron chi connectivity index (χ2n) is 6.69. The van der Waals surface area contributed by atoms with Crippen molar-refractivity contribution in [3.63, 3.8) is 0 Å². The quantitative estimate of drug-likeness (QED) is 0.812. The van der Waals surface area contributed by atoms with E-state index in [0.29, 0.717) is 17.9 Å². The molecule has 27 heavy (non-hydrogen) atoms. The molecular formula is C21H25N3O3. The van der Waals surface area contributed by atoms with Gasteiger partial charge in [-0.2, -0.15) is 5.10 Å². The molecule has 1 amide bonds. The number of ether oxygens (including phenoxy) is 2. The Kier molecular flexibility index (Phi) is 5.35. The van der Waals surface area contributed by atoms with E-state index < -0.39 is 0 Å². The summed E-state index contributed by atoms with van der Waals surface area (Å²) in [6.45, 7) is 1.54. The highest BCUT2D eigenvalue weighted by Gasteiger charge is 2.31. The molecule has 0 radical (unpaired) electrons. The summed E-state index contributed by atoms with van der Waals surface area (Å²) in [5.74, 6) is 1.23. The van der Waals surface area contributed by atoms with Crippen molar-refractivity contribution in [2.45, 2.75) is 19.4 Å². The van der Waals surface area contributed by atoms with Crippen LogP contribution < -0.4 is 14.4 Å². The molecule has 0 fully saturated rings. The highest BCUT2D eigenvalue weighted by molar-refractivity contribution is 6.03. The van der Waals surface area contributed by atoms with E-state index in [0.717, 1.165) is 22.5 Å². The first-order valence-corrected chi connectivity index (χ1v) is 8.81. The number of anilines is 1. The SMILES string of the molecule is COc1ccc(C2=NN(C(C)=O)[C@@H](c3ccc(N(C)C)cc3)C2)cc1OC. The minimum Gasteiger partial charge on any atom is -0.493 e. The summed E-state index contributed by atoms with van der Waals surface area (Å²) >= 11 is 0. The van der Waals surface area contributed by atoms with E-state index in [1.165, 1.54) is 0 Å². The maximum absolute atomic E-state index is 12.2. The summed E-state index contributed by atoms with van der Waals surface area (Å²) in [4.78, 5) is 14.2. The standard InChI is InChI=1S/C21H25N3O3/c1-14(25)24-19(15-6-9-17(10-7-15)23(2)3)13-18(22-24)16-8-11-20(26-4)21(12-16)27-5/h6-12,19H,13H2,1-5H3/t19-/m1/s1. The number of hydrazone groups is 1. The fourth-order valence-electron chi connectivity index (χ4n) is 3.25. The number of methoxy groups -OCH3 is 2. The van der Waals surface area contributed by atoms with Crippen LogP contribution in [-0.4, -0.2) is 44.9 Å². The van der Waals surface area contributed by atoms with E-state index in [-0.39, 0.29) is 11.9 Å². The second kappa shape index (κ2) is 7.70.